The van der Waals surface area contributed by atoms with Crippen molar-refractivity contribution in [2.24, 2.45) is 5.92 Å². The first kappa shape index (κ1) is 16.0. The van der Waals surface area contributed by atoms with E-state index >= 15 is 0 Å². The number of hydrogen-bond acceptors (Lipinski definition) is 4. The molecule has 1 N–H and O–H groups in total. The van der Waals surface area contributed by atoms with E-state index in [1.165, 1.54) is 0 Å². The highest BCUT2D eigenvalue weighted by Gasteiger charge is 2.25. The summed E-state index contributed by atoms with van der Waals surface area (Å²) in [5.74, 6) is -0.714. The van der Waals surface area contributed by atoms with E-state index in [9.17, 15) is 9.59 Å². The molecule has 1 aliphatic heterocycles. The van der Waals surface area contributed by atoms with Crippen molar-refractivity contribution < 1.29 is 14.7 Å². The molecule has 2 rings (SSSR count). The summed E-state index contributed by atoms with van der Waals surface area (Å²) in [5, 5.41) is 17.7. The zero-order chi connectivity index (χ0) is 16.1. The van der Waals surface area contributed by atoms with Gasteiger partial charge in [0.05, 0.1) is 11.3 Å². The summed E-state index contributed by atoms with van der Waals surface area (Å²) < 4.78 is 0. The van der Waals surface area contributed by atoms with Gasteiger partial charge in [0.25, 0.3) is 5.91 Å². The maximum atomic E-state index is 12.5. The van der Waals surface area contributed by atoms with E-state index in [1.807, 2.05) is 6.07 Å². The fourth-order valence-electron chi connectivity index (χ4n) is 2.77. The Labute approximate surface area is 129 Å². The first-order valence-electron chi connectivity index (χ1n) is 7.40. The highest BCUT2D eigenvalue weighted by atomic mass is 16.4. The number of carboxylic acid groups (broad SMARTS) is 1. The number of piperidine rings is 1. The van der Waals surface area contributed by atoms with E-state index in [4.69, 9.17) is 10.4 Å². The minimum absolute atomic E-state index is 0.140. The smallest absolute Gasteiger partial charge is 0.303 e. The van der Waals surface area contributed by atoms with Crippen LogP contribution in [0.4, 0.5) is 0 Å². The van der Waals surface area contributed by atoms with Crippen LogP contribution >= 0.6 is 0 Å². The van der Waals surface area contributed by atoms with Crippen LogP contribution in [0.1, 0.15) is 47.4 Å². The number of aromatic nitrogens is 1. The van der Waals surface area contributed by atoms with Crippen LogP contribution in [-0.2, 0) is 4.79 Å². The highest BCUT2D eigenvalue weighted by Crippen LogP contribution is 2.22. The van der Waals surface area contributed by atoms with Gasteiger partial charge in [0.15, 0.2) is 0 Å². The number of carboxylic acids is 1. The summed E-state index contributed by atoms with van der Waals surface area (Å²) in [6, 6.07) is 5.22. The third-order valence-electron chi connectivity index (χ3n) is 4.00. The molecule has 1 aliphatic rings. The van der Waals surface area contributed by atoms with E-state index in [-0.39, 0.29) is 18.2 Å². The fourth-order valence-corrected chi connectivity index (χ4v) is 2.77. The monoisotopic (exact) mass is 301 g/mol. The summed E-state index contributed by atoms with van der Waals surface area (Å²) in [4.78, 5) is 29.1. The molecule has 116 valence electrons. The molecule has 6 nitrogen and oxygen atoms in total. The molecule has 1 atom stereocenters. The van der Waals surface area contributed by atoms with Gasteiger partial charge in [-0.3, -0.25) is 9.59 Å². The number of likely N-dealkylation sites (tertiary alicyclic amines) is 1. The maximum Gasteiger partial charge on any atom is 0.303 e. The number of nitriles is 1. The van der Waals surface area contributed by atoms with Gasteiger partial charge in [0.2, 0.25) is 0 Å². The number of carbonyl (C=O) groups excluding carboxylic acids is 1. The highest BCUT2D eigenvalue weighted by molar-refractivity contribution is 5.92. The number of aryl methyl sites for hydroxylation is 1. The molecule has 2 heterocycles. The summed E-state index contributed by atoms with van der Waals surface area (Å²) >= 11 is 0. The quantitative estimate of drug-likeness (QED) is 0.917. The number of hydrogen-bond donors (Lipinski definition) is 1. The lowest BCUT2D eigenvalue weighted by Gasteiger charge is -2.32. The maximum absolute atomic E-state index is 12.5. The summed E-state index contributed by atoms with van der Waals surface area (Å²) in [6.07, 6.45) is 2.57. The summed E-state index contributed by atoms with van der Waals surface area (Å²) in [7, 11) is 0. The Morgan fingerprint density at radius 1 is 1.50 bits per heavy atom. The average molecular weight is 301 g/mol. The van der Waals surface area contributed by atoms with Gasteiger partial charge in [-0.1, -0.05) is 0 Å². The molecule has 1 aromatic heterocycles. The standard InChI is InChI=1S/C16H19N3O3/c1-11-13(9-17)5-6-14(18-11)16(22)19-8-2-3-12(10-19)4-7-15(20)21/h5-6,12H,2-4,7-8,10H2,1H3,(H,20,21). The molecule has 1 amide bonds. The molecular weight excluding hydrogens is 282 g/mol. The number of aliphatic carboxylic acids is 1. The lowest BCUT2D eigenvalue weighted by molar-refractivity contribution is -0.137. The minimum atomic E-state index is -0.798. The van der Waals surface area contributed by atoms with Gasteiger partial charge >= 0.3 is 5.97 Å². The van der Waals surface area contributed by atoms with Gasteiger partial charge in [-0.2, -0.15) is 5.26 Å². The SMILES string of the molecule is Cc1nc(C(=O)N2CCCC(CCC(=O)O)C2)ccc1C#N. The van der Waals surface area contributed by atoms with E-state index in [1.54, 1.807) is 24.0 Å². The summed E-state index contributed by atoms with van der Waals surface area (Å²) in [5.41, 5.74) is 1.36. The second-order valence-corrected chi connectivity index (χ2v) is 5.63. The van der Waals surface area contributed by atoms with Crippen LogP contribution in [0.25, 0.3) is 0 Å². The lowest BCUT2D eigenvalue weighted by Crippen LogP contribution is -2.40. The largest absolute Gasteiger partial charge is 0.481 e. The predicted octanol–water partition coefficient (Wildman–Crippen LogP) is 1.98. The molecular formula is C16H19N3O3. The lowest BCUT2D eigenvalue weighted by atomic mass is 9.93. The van der Waals surface area contributed by atoms with Crippen LogP contribution < -0.4 is 0 Å². The molecule has 1 unspecified atom stereocenters. The van der Waals surface area contributed by atoms with Crippen molar-refractivity contribution in [2.45, 2.75) is 32.6 Å². The van der Waals surface area contributed by atoms with E-state index in [0.717, 1.165) is 12.8 Å². The normalized spacial score (nSPS) is 17.8. The number of carbonyl (C=O) groups is 2. The fraction of sp³-hybridized carbons (Fsp3) is 0.500. The number of rotatable bonds is 4. The van der Waals surface area contributed by atoms with Crippen LogP contribution in [0.3, 0.4) is 0 Å². The van der Waals surface area contributed by atoms with Crippen molar-refractivity contribution in [3.63, 3.8) is 0 Å². The van der Waals surface area contributed by atoms with Crippen molar-refractivity contribution in [1.29, 1.82) is 5.26 Å². The topological polar surface area (TPSA) is 94.3 Å². The van der Waals surface area contributed by atoms with Crippen molar-refractivity contribution >= 4 is 11.9 Å². The Hall–Kier alpha value is -2.42. The van der Waals surface area contributed by atoms with Gasteiger partial charge in [-0.05, 0) is 44.2 Å². The van der Waals surface area contributed by atoms with Crippen molar-refractivity contribution in [2.75, 3.05) is 13.1 Å². The zero-order valence-corrected chi connectivity index (χ0v) is 12.6. The van der Waals surface area contributed by atoms with E-state index < -0.39 is 5.97 Å². The Balaban J connectivity index is 2.04. The van der Waals surface area contributed by atoms with Gasteiger partial charge in [-0.25, -0.2) is 4.98 Å². The molecule has 0 radical (unpaired) electrons. The van der Waals surface area contributed by atoms with Gasteiger partial charge in [0.1, 0.15) is 11.8 Å². The van der Waals surface area contributed by atoms with Crippen LogP contribution in [0.15, 0.2) is 12.1 Å². The van der Waals surface area contributed by atoms with Crippen molar-refractivity contribution in [3.8, 4) is 6.07 Å². The average Bonchev–Trinajstić information content (AvgIpc) is 2.52. The Bertz CT molecular complexity index is 622. The first-order valence-corrected chi connectivity index (χ1v) is 7.40. The number of amides is 1. The van der Waals surface area contributed by atoms with Gasteiger partial charge in [-0.15, -0.1) is 0 Å². The van der Waals surface area contributed by atoms with Crippen LogP contribution in [0, 0.1) is 24.2 Å². The summed E-state index contributed by atoms with van der Waals surface area (Å²) in [6.45, 7) is 2.96. The molecule has 0 bridgehead atoms. The van der Waals surface area contributed by atoms with Crippen molar-refractivity contribution in [1.82, 2.24) is 9.88 Å². The Morgan fingerprint density at radius 3 is 2.91 bits per heavy atom. The molecule has 1 saturated heterocycles. The first-order chi connectivity index (χ1) is 10.5. The van der Waals surface area contributed by atoms with Gasteiger partial charge < -0.3 is 10.0 Å². The Kier molecular flexibility index (Phi) is 5.10. The third-order valence-corrected chi connectivity index (χ3v) is 4.00. The number of pyridine rings is 1. The molecule has 6 heteroatoms. The predicted molar refractivity (Wildman–Crippen MR) is 79.2 cm³/mol. The second kappa shape index (κ2) is 7.03. The van der Waals surface area contributed by atoms with Gasteiger partial charge in [0, 0.05) is 19.5 Å². The second-order valence-electron chi connectivity index (χ2n) is 5.63. The molecule has 0 saturated carbocycles. The molecule has 1 fully saturated rings. The van der Waals surface area contributed by atoms with Crippen LogP contribution in [-0.4, -0.2) is 40.0 Å². The minimum Gasteiger partial charge on any atom is -0.481 e. The molecule has 0 aromatic carbocycles. The van der Waals surface area contributed by atoms with E-state index in [0.29, 0.717) is 36.5 Å². The van der Waals surface area contributed by atoms with Crippen LogP contribution in [0.5, 0.6) is 0 Å². The molecule has 22 heavy (non-hydrogen) atoms. The third kappa shape index (κ3) is 3.82. The Morgan fingerprint density at radius 2 is 2.27 bits per heavy atom. The molecule has 0 aliphatic carbocycles. The van der Waals surface area contributed by atoms with Crippen molar-refractivity contribution in [3.05, 3.63) is 29.1 Å². The molecule has 0 spiro atoms. The van der Waals surface area contributed by atoms with E-state index in [2.05, 4.69) is 4.98 Å². The zero-order valence-electron chi connectivity index (χ0n) is 12.6. The van der Waals surface area contributed by atoms with Crippen LogP contribution in [0.2, 0.25) is 0 Å². The molecule has 1 aromatic rings. The number of nitrogens with zero attached hydrogens (tertiary/aromatic N) is 3.